The Balaban J connectivity index is 1.96. The van der Waals surface area contributed by atoms with Crippen molar-refractivity contribution in [3.8, 4) is 5.75 Å². The van der Waals surface area contributed by atoms with Gasteiger partial charge in [0, 0.05) is 5.56 Å². The number of likely N-dealkylation sites (tertiary alicyclic amines) is 1. The van der Waals surface area contributed by atoms with E-state index < -0.39 is 20.5 Å². The van der Waals surface area contributed by atoms with Crippen LogP contribution in [0, 0.1) is 0 Å². The van der Waals surface area contributed by atoms with Crippen molar-refractivity contribution in [2.24, 2.45) is 0 Å². The Kier molecular flexibility index (Phi) is 6.55. The van der Waals surface area contributed by atoms with Gasteiger partial charge >= 0.3 is 0 Å². The fourth-order valence-electron chi connectivity index (χ4n) is 3.92. The summed E-state index contributed by atoms with van der Waals surface area (Å²) in [5, 5.41) is 0. The van der Waals surface area contributed by atoms with Crippen LogP contribution in [0.2, 0.25) is 18.1 Å². The molecule has 2 aromatic carbocycles. The number of rotatable bonds is 8. The van der Waals surface area contributed by atoms with Crippen LogP contribution in [-0.4, -0.2) is 38.2 Å². The van der Waals surface area contributed by atoms with Crippen LogP contribution >= 0.6 is 0 Å². The fourth-order valence-corrected chi connectivity index (χ4v) is 6.69. The minimum atomic E-state index is -2.01. The molecule has 0 unspecified atom stereocenters. The first-order valence-electron chi connectivity index (χ1n) is 10.2. The van der Waals surface area contributed by atoms with E-state index in [0.717, 1.165) is 29.4 Å². The number of methoxy groups -OCH3 is 1. The SMILES string of the molecule is CC[Si](CC)(CC)O[C@H]1C(=O)N(C(=O)c2ccccc2)[C@H]1c1ccc(OC)cc1. The van der Waals surface area contributed by atoms with Crippen LogP contribution in [-0.2, 0) is 9.22 Å². The molecule has 154 valence electrons. The maximum atomic E-state index is 13.1. The molecule has 1 aliphatic heterocycles. The molecule has 1 aliphatic rings. The van der Waals surface area contributed by atoms with E-state index in [-0.39, 0.29) is 11.8 Å². The molecule has 2 aromatic rings. The lowest BCUT2D eigenvalue weighted by atomic mass is 9.90. The molecular weight excluding hydrogens is 382 g/mol. The van der Waals surface area contributed by atoms with Crippen LogP contribution in [0.1, 0.15) is 42.7 Å². The van der Waals surface area contributed by atoms with Crippen LogP contribution < -0.4 is 4.74 Å². The molecule has 0 aromatic heterocycles. The molecule has 1 fully saturated rings. The largest absolute Gasteiger partial charge is 0.497 e. The summed E-state index contributed by atoms with van der Waals surface area (Å²) in [6.07, 6.45) is -0.609. The summed E-state index contributed by atoms with van der Waals surface area (Å²) in [5.41, 5.74) is 1.38. The van der Waals surface area contributed by atoms with Gasteiger partial charge in [0.1, 0.15) is 5.75 Å². The van der Waals surface area contributed by atoms with Gasteiger partial charge in [0.15, 0.2) is 14.4 Å². The Morgan fingerprint density at radius 3 is 2.07 bits per heavy atom. The number of amides is 2. The average molecular weight is 412 g/mol. The van der Waals surface area contributed by atoms with Crippen molar-refractivity contribution in [2.75, 3.05) is 7.11 Å². The highest BCUT2D eigenvalue weighted by atomic mass is 28.4. The number of β-lactam (4-membered cyclic amide) rings is 1. The first kappa shape index (κ1) is 21.3. The number of carbonyl (C=O) groups excluding carboxylic acids is 2. The van der Waals surface area contributed by atoms with Crippen LogP contribution in [0.25, 0.3) is 0 Å². The quantitative estimate of drug-likeness (QED) is 0.355. The standard InChI is InChI=1S/C23H29NO4Si/c1-5-29(6-2,7-3)28-21-20(17-13-15-19(27-4)16-14-17)24(23(21)26)22(25)18-11-9-8-10-12-18/h8-16,20-21H,5-7H2,1-4H3/t20-,21+/m0/s1. The van der Waals surface area contributed by atoms with Crippen LogP contribution in [0.4, 0.5) is 0 Å². The van der Waals surface area contributed by atoms with E-state index in [9.17, 15) is 9.59 Å². The van der Waals surface area contributed by atoms with Gasteiger partial charge in [-0.25, -0.2) is 0 Å². The summed E-state index contributed by atoms with van der Waals surface area (Å²) in [4.78, 5) is 27.5. The number of hydrogen-bond acceptors (Lipinski definition) is 4. The lowest BCUT2D eigenvalue weighted by Crippen LogP contribution is -2.64. The van der Waals surface area contributed by atoms with Gasteiger partial charge in [-0.05, 0) is 48.0 Å². The molecule has 1 saturated heterocycles. The third-order valence-corrected chi connectivity index (χ3v) is 10.7. The fraction of sp³-hybridized carbons (Fsp3) is 0.391. The molecule has 1 heterocycles. The van der Waals surface area contributed by atoms with Gasteiger partial charge in [-0.1, -0.05) is 51.1 Å². The normalized spacial score (nSPS) is 19.0. The summed E-state index contributed by atoms with van der Waals surface area (Å²) < 4.78 is 11.8. The molecule has 2 amide bonds. The number of hydrogen-bond donors (Lipinski definition) is 0. The van der Waals surface area contributed by atoms with E-state index in [0.29, 0.717) is 5.56 Å². The zero-order valence-corrected chi connectivity index (χ0v) is 18.6. The van der Waals surface area contributed by atoms with Gasteiger partial charge in [-0.3, -0.25) is 14.5 Å². The van der Waals surface area contributed by atoms with Gasteiger partial charge < -0.3 is 9.16 Å². The van der Waals surface area contributed by atoms with Crippen molar-refractivity contribution >= 4 is 20.1 Å². The average Bonchev–Trinajstić information content (AvgIpc) is 2.79. The number of carbonyl (C=O) groups is 2. The number of imide groups is 1. The number of benzene rings is 2. The minimum absolute atomic E-state index is 0.244. The van der Waals surface area contributed by atoms with Crippen molar-refractivity contribution in [1.82, 2.24) is 4.90 Å². The molecular formula is C23H29NO4Si. The molecule has 6 heteroatoms. The van der Waals surface area contributed by atoms with Crippen molar-refractivity contribution in [1.29, 1.82) is 0 Å². The van der Waals surface area contributed by atoms with Crippen molar-refractivity contribution in [3.05, 3.63) is 65.7 Å². The Bertz CT molecular complexity index is 841. The molecule has 2 atom stereocenters. The van der Waals surface area contributed by atoms with Gasteiger partial charge in [0.25, 0.3) is 11.8 Å². The second-order valence-corrected chi connectivity index (χ2v) is 12.1. The van der Waals surface area contributed by atoms with E-state index in [4.69, 9.17) is 9.16 Å². The zero-order valence-electron chi connectivity index (χ0n) is 17.6. The Morgan fingerprint density at radius 1 is 0.966 bits per heavy atom. The van der Waals surface area contributed by atoms with Crippen molar-refractivity contribution < 1.29 is 18.8 Å². The van der Waals surface area contributed by atoms with E-state index in [1.54, 1.807) is 31.4 Å². The zero-order chi connectivity index (χ0) is 21.0. The van der Waals surface area contributed by atoms with Crippen LogP contribution in [0.3, 0.4) is 0 Å². The third kappa shape index (κ3) is 4.00. The summed E-state index contributed by atoms with van der Waals surface area (Å²) in [6.45, 7) is 6.41. The summed E-state index contributed by atoms with van der Waals surface area (Å²) in [6, 6.07) is 18.9. The second-order valence-electron chi connectivity index (χ2n) is 7.38. The van der Waals surface area contributed by atoms with Gasteiger partial charge in [-0.2, -0.15) is 0 Å². The molecule has 0 spiro atoms. The van der Waals surface area contributed by atoms with Crippen LogP contribution in [0.5, 0.6) is 5.75 Å². The first-order valence-corrected chi connectivity index (χ1v) is 12.8. The van der Waals surface area contributed by atoms with Crippen molar-refractivity contribution in [2.45, 2.75) is 51.0 Å². The topological polar surface area (TPSA) is 55.8 Å². The highest BCUT2D eigenvalue weighted by Crippen LogP contribution is 2.41. The molecule has 0 saturated carbocycles. The summed E-state index contributed by atoms with van der Waals surface area (Å²) >= 11 is 0. The molecule has 3 rings (SSSR count). The van der Waals surface area contributed by atoms with E-state index in [2.05, 4.69) is 20.8 Å². The lowest BCUT2D eigenvalue weighted by Gasteiger charge is -2.48. The molecule has 5 nitrogen and oxygen atoms in total. The minimum Gasteiger partial charge on any atom is -0.497 e. The number of nitrogens with zero attached hydrogens (tertiary/aromatic N) is 1. The second kappa shape index (κ2) is 8.92. The Hall–Kier alpha value is -2.44. The Morgan fingerprint density at radius 2 is 1.55 bits per heavy atom. The Labute approximate surface area is 173 Å². The molecule has 29 heavy (non-hydrogen) atoms. The smallest absolute Gasteiger partial charge is 0.261 e. The van der Waals surface area contributed by atoms with E-state index in [1.807, 2.05) is 30.3 Å². The van der Waals surface area contributed by atoms with E-state index in [1.165, 1.54) is 4.90 Å². The highest BCUT2D eigenvalue weighted by molar-refractivity contribution is 6.73. The predicted molar refractivity (Wildman–Crippen MR) is 115 cm³/mol. The maximum Gasteiger partial charge on any atom is 0.261 e. The third-order valence-electron chi connectivity index (χ3n) is 6.05. The molecule has 0 N–H and O–H groups in total. The van der Waals surface area contributed by atoms with E-state index >= 15 is 0 Å². The monoisotopic (exact) mass is 411 g/mol. The molecule has 0 radical (unpaired) electrons. The van der Waals surface area contributed by atoms with Gasteiger partial charge in [0.05, 0.1) is 13.2 Å². The summed E-state index contributed by atoms with van der Waals surface area (Å²) in [5.74, 6) is 0.206. The van der Waals surface area contributed by atoms with Gasteiger partial charge in [0.2, 0.25) is 0 Å². The molecule has 0 bridgehead atoms. The number of ether oxygens (including phenoxy) is 1. The van der Waals surface area contributed by atoms with Crippen LogP contribution in [0.15, 0.2) is 54.6 Å². The summed E-state index contributed by atoms with van der Waals surface area (Å²) in [7, 11) is -0.398. The first-order chi connectivity index (χ1) is 14.0. The lowest BCUT2D eigenvalue weighted by molar-refractivity contribution is -0.158. The van der Waals surface area contributed by atoms with Gasteiger partial charge in [-0.15, -0.1) is 0 Å². The predicted octanol–water partition coefficient (Wildman–Crippen LogP) is 4.81. The molecule has 0 aliphatic carbocycles. The highest BCUT2D eigenvalue weighted by Gasteiger charge is 2.54. The maximum absolute atomic E-state index is 13.1. The van der Waals surface area contributed by atoms with Crippen molar-refractivity contribution in [3.63, 3.8) is 0 Å².